The summed E-state index contributed by atoms with van der Waals surface area (Å²) in [6.07, 6.45) is 0. The Balaban J connectivity index is 2.54. The molecule has 0 amide bonds. The molecule has 1 heterocycles. The van der Waals surface area contributed by atoms with Gasteiger partial charge in [-0.1, -0.05) is 5.16 Å². The fourth-order valence-corrected chi connectivity index (χ4v) is 1.62. The zero-order chi connectivity index (χ0) is 12.6. The van der Waals surface area contributed by atoms with E-state index < -0.39 is 4.92 Å². The van der Waals surface area contributed by atoms with Crippen LogP contribution in [0.15, 0.2) is 22.7 Å². The predicted octanol–water partition coefficient (Wildman–Crippen LogP) is 2.45. The third-order valence-corrected chi connectivity index (χ3v) is 2.63. The van der Waals surface area contributed by atoms with Crippen LogP contribution < -0.4 is 5.73 Å². The molecule has 0 unspecified atom stereocenters. The van der Waals surface area contributed by atoms with Crippen LogP contribution in [0.5, 0.6) is 0 Å². The maximum atomic E-state index is 10.6. The molecule has 17 heavy (non-hydrogen) atoms. The van der Waals surface area contributed by atoms with E-state index in [1.54, 1.807) is 19.9 Å². The summed E-state index contributed by atoms with van der Waals surface area (Å²) in [4.78, 5) is 10.2. The first-order valence-corrected chi connectivity index (χ1v) is 4.98. The molecule has 0 saturated heterocycles. The van der Waals surface area contributed by atoms with E-state index in [1.807, 2.05) is 0 Å². The Hall–Kier alpha value is -2.37. The highest BCUT2D eigenvalue weighted by Gasteiger charge is 2.16. The lowest BCUT2D eigenvalue weighted by atomic mass is 10.0. The van der Waals surface area contributed by atoms with Gasteiger partial charge in [0.2, 0.25) is 0 Å². The molecule has 0 bridgehead atoms. The number of aromatic nitrogens is 1. The molecule has 0 aliphatic rings. The van der Waals surface area contributed by atoms with E-state index in [4.69, 9.17) is 10.3 Å². The first-order chi connectivity index (χ1) is 8.00. The maximum absolute atomic E-state index is 10.6. The Morgan fingerprint density at radius 3 is 2.59 bits per heavy atom. The number of hydrogen-bond donors (Lipinski definition) is 1. The molecule has 1 aromatic heterocycles. The van der Waals surface area contributed by atoms with Gasteiger partial charge in [-0.3, -0.25) is 10.1 Å². The van der Waals surface area contributed by atoms with Crippen molar-refractivity contribution in [2.75, 3.05) is 5.73 Å². The number of nitrogens with two attached hydrogens (primary N) is 1. The molecule has 6 nitrogen and oxygen atoms in total. The van der Waals surface area contributed by atoms with E-state index in [9.17, 15) is 10.1 Å². The third kappa shape index (κ3) is 1.84. The highest BCUT2D eigenvalue weighted by Crippen LogP contribution is 2.31. The van der Waals surface area contributed by atoms with Gasteiger partial charge in [0, 0.05) is 23.3 Å². The van der Waals surface area contributed by atoms with Gasteiger partial charge in [-0.2, -0.15) is 0 Å². The number of nitro benzene ring substituents is 1. The molecule has 0 fully saturated rings. The minimum atomic E-state index is -0.432. The van der Waals surface area contributed by atoms with Crippen LogP contribution in [0.2, 0.25) is 0 Å². The molecule has 2 aromatic rings. The van der Waals surface area contributed by atoms with Crippen LogP contribution >= 0.6 is 0 Å². The fraction of sp³-hybridized carbons (Fsp3) is 0.182. The van der Waals surface area contributed by atoms with Gasteiger partial charge < -0.3 is 10.3 Å². The number of aryl methyl sites for hydroxylation is 1. The zero-order valence-corrected chi connectivity index (χ0v) is 9.43. The molecule has 6 heteroatoms. The second-order valence-electron chi connectivity index (χ2n) is 3.78. The summed E-state index contributed by atoms with van der Waals surface area (Å²) in [6, 6.07) is 4.56. The van der Waals surface area contributed by atoms with Crippen LogP contribution in [-0.2, 0) is 0 Å². The van der Waals surface area contributed by atoms with Crippen molar-refractivity contribution in [2.24, 2.45) is 0 Å². The lowest BCUT2D eigenvalue weighted by Gasteiger charge is -2.02. The third-order valence-electron chi connectivity index (χ3n) is 2.63. The molecular formula is C11H11N3O3. The average Bonchev–Trinajstić information content (AvgIpc) is 2.60. The van der Waals surface area contributed by atoms with Crippen molar-refractivity contribution in [2.45, 2.75) is 13.8 Å². The number of hydrogen-bond acceptors (Lipinski definition) is 5. The molecule has 0 saturated carbocycles. The smallest absolute Gasteiger partial charge is 0.269 e. The zero-order valence-electron chi connectivity index (χ0n) is 9.43. The van der Waals surface area contributed by atoms with Crippen LogP contribution in [0.4, 0.5) is 11.5 Å². The summed E-state index contributed by atoms with van der Waals surface area (Å²) < 4.78 is 5.12. The fourth-order valence-electron chi connectivity index (χ4n) is 1.62. The summed E-state index contributed by atoms with van der Waals surface area (Å²) in [5, 5.41) is 14.3. The van der Waals surface area contributed by atoms with Crippen LogP contribution in [0.3, 0.4) is 0 Å². The van der Waals surface area contributed by atoms with Gasteiger partial charge in [0.05, 0.1) is 4.92 Å². The molecule has 88 valence electrons. The first-order valence-electron chi connectivity index (χ1n) is 4.98. The number of nitrogens with zero attached hydrogens (tertiary/aromatic N) is 2. The number of rotatable bonds is 2. The van der Waals surface area contributed by atoms with Crippen LogP contribution in [-0.4, -0.2) is 10.1 Å². The second-order valence-corrected chi connectivity index (χ2v) is 3.78. The molecule has 0 spiro atoms. The molecule has 0 aliphatic carbocycles. The Labute approximate surface area is 97.2 Å². The number of nitro groups is 1. The molecule has 2 rings (SSSR count). The Morgan fingerprint density at radius 1 is 1.41 bits per heavy atom. The van der Waals surface area contributed by atoms with Crippen molar-refractivity contribution >= 4 is 11.5 Å². The molecule has 0 radical (unpaired) electrons. The largest absolute Gasteiger partial charge is 0.381 e. The van der Waals surface area contributed by atoms with E-state index in [-0.39, 0.29) is 5.69 Å². The van der Waals surface area contributed by atoms with Crippen molar-refractivity contribution in [1.82, 2.24) is 5.16 Å². The molecule has 0 aliphatic heterocycles. The topological polar surface area (TPSA) is 95.2 Å². The van der Waals surface area contributed by atoms with Crippen LogP contribution in [0.1, 0.15) is 11.1 Å². The summed E-state index contributed by atoms with van der Waals surface area (Å²) in [6.45, 7) is 3.57. The number of nitrogen functional groups attached to an aromatic ring is 1. The maximum Gasteiger partial charge on any atom is 0.269 e. The van der Waals surface area contributed by atoms with Gasteiger partial charge in [0.15, 0.2) is 11.6 Å². The van der Waals surface area contributed by atoms with Gasteiger partial charge in [-0.25, -0.2) is 0 Å². The summed E-state index contributed by atoms with van der Waals surface area (Å²) in [5.74, 6) is 0.882. The van der Waals surface area contributed by atoms with Crippen molar-refractivity contribution in [3.8, 4) is 11.3 Å². The van der Waals surface area contributed by atoms with Crippen LogP contribution in [0.25, 0.3) is 11.3 Å². The van der Waals surface area contributed by atoms with E-state index in [2.05, 4.69) is 5.16 Å². The average molecular weight is 233 g/mol. The minimum Gasteiger partial charge on any atom is -0.381 e. The summed E-state index contributed by atoms with van der Waals surface area (Å²) in [7, 11) is 0. The standard InChI is InChI=1S/C11H11N3O3/c1-6-5-8(14(15)16)3-4-9(6)10-7(2)11(12)13-17-10/h3-5H,1-2H3,(H2,12,13). The van der Waals surface area contributed by atoms with Crippen molar-refractivity contribution in [3.05, 3.63) is 39.4 Å². The van der Waals surface area contributed by atoms with E-state index >= 15 is 0 Å². The summed E-state index contributed by atoms with van der Waals surface area (Å²) in [5.41, 5.74) is 7.89. The quantitative estimate of drug-likeness (QED) is 0.634. The molecular weight excluding hydrogens is 222 g/mol. The predicted molar refractivity (Wildman–Crippen MR) is 62.5 cm³/mol. The van der Waals surface area contributed by atoms with Crippen molar-refractivity contribution in [3.63, 3.8) is 0 Å². The first kappa shape index (κ1) is 11.1. The van der Waals surface area contributed by atoms with Crippen molar-refractivity contribution in [1.29, 1.82) is 0 Å². The lowest BCUT2D eigenvalue weighted by Crippen LogP contribution is -1.91. The van der Waals surface area contributed by atoms with E-state index in [1.165, 1.54) is 12.1 Å². The lowest BCUT2D eigenvalue weighted by molar-refractivity contribution is -0.384. The van der Waals surface area contributed by atoms with Crippen LogP contribution in [0, 0.1) is 24.0 Å². The summed E-state index contributed by atoms with van der Waals surface area (Å²) >= 11 is 0. The number of anilines is 1. The Morgan fingerprint density at radius 2 is 2.12 bits per heavy atom. The Kier molecular flexibility index (Phi) is 2.55. The van der Waals surface area contributed by atoms with Gasteiger partial charge >= 0.3 is 0 Å². The van der Waals surface area contributed by atoms with E-state index in [0.717, 1.165) is 16.7 Å². The Bertz CT molecular complexity index is 590. The van der Waals surface area contributed by atoms with Gasteiger partial charge in [0.25, 0.3) is 5.69 Å². The minimum absolute atomic E-state index is 0.0522. The SMILES string of the molecule is Cc1cc([N+](=O)[O-])ccc1-c1onc(N)c1C. The molecule has 1 aromatic carbocycles. The second kappa shape index (κ2) is 3.89. The highest BCUT2D eigenvalue weighted by molar-refractivity contribution is 5.69. The molecule has 2 N–H and O–H groups in total. The van der Waals surface area contributed by atoms with Gasteiger partial charge in [-0.05, 0) is 25.5 Å². The monoisotopic (exact) mass is 233 g/mol. The van der Waals surface area contributed by atoms with Gasteiger partial charge in [0.1, 0.15) is 0 Å². The number of benzene rings is 1. The molecule has 0 atom stereocenters. The van der Waals surface area contributed by atoms with E-state index in [0.29, 0.717) is 11.6 Å². The highest BCUT2D eigenvalue weighted by atomic mass is 16.6. The van der Waals surface area contributed by atoms with Gasteiger partial charge in [-0.15, -0.1) is 0 Å². The normalized spacial score (nSPS) is 10.5. The van der Waals surface area contributed by atoms with Crippen molar-refractivity contribution < 1.29 is 9.45 Å². The number of non-ortho nitro benzene ring substituents is 1.